The number of carbonyl (C=O) groups is 2. The summed E-state index contributed by atoms with van der Waals surface area (Å²) in [6.45, 7) is 1.26. The van der Waals surface area contributed by atoms with Crippen LogP contribution in [0.3, 0.4) is 0 Å². The molecule has 1 unspecified atom stereocenters. The molecule has 2 aromatic carbocycles. The minimum absolute atomic E-state index is 0.0991. The van der Waals surface area contributed by atoms with E-state index in [1.54, 1.807) is 30.3 Å². The van der Waals surface area contributed by atoms with Crippen molar-refractivity contribution in [3.8, 4) is 0 Å². The number of ether oxygens (including phenoxy) is 1. The van der Waals surface area contributed by atoms with Crippen molar-refractivity contribution in [2.24, 2.45) is 0 Å². The molecular weight excluding hydrogens is 368 g/mol. The lowest BCUT2D eigenvalue weighted by molar-refractivity contribution is 0.102. The Morgan fingerprint density at radius 3 is 2.48 bits per heavy atom. The van der Waals surface area contributed by atoms with E-state index in [4.69, 9.17) is 4.74 Å². The molecule has 3 amide bonds. The lowest BCUT2D eigenvalue weighted by atomic mass is 10.2. The number of fused-ring (bicyclic) bond motifs is 1. The zero-order valence-corrected chi connectivity index (χ0v) is 15.9. The zero-order valence-electron chi connectivity index (χ0n) is 15.9. The predicted octanol–water partition coefficient (Wildman–Crippen LogP) is 3.79. The average molecular weight is 390 g/mol. The van der Waals surface area contributed by atoms with Gasteiger partial charge in [-0.05, 0) is 49.2 Å². The van der Waals surface area contributed by atoms with E-state index >= 15 is 0 Å². The molecule has 1 aliphatic rings. The number of nitrogens with zero attached hydrogens (tertiary/aromatic N) is 1. The highest BCUT2D eigenvalue weighted by atomic mass is 16.5. The third-order valence-corrected chi connectivity index (χ3v) is 4.75. The fourth-order valence-electron chi connectivity index (χ4n) is 3.21. The molecule has 148 valence electrons. The van der Waals surface area contributed by atoms with Gasteiger partial charge in [-0.3, -0.25) is 4.79 Å². The quantitative estimate of drug-likeness (QED) is 0.618. The number of carbonyl (C=O) groups excluding carboxylic acids is 2. The minimum Gasteiger partial charge on any atom is -0.376 e. The van der Waals surface area contributed by atoms with Crippen LogP contribution in [0.25, 0.3) is 10.9 Å². The molecule has 0 saturated carbocycles. The molecule has 2 heterocycles. The Bertz CT molecular complexity index is 1010. The molecule has 1 aliphatic heterocycles. The number of urea groups is 1. The second-order valence-electron chi connectivity index (χ2n) is 6.89. The van der Waals surface area contributed by atoms with Crippen molar-refractivity contribution in [1.82, 2.24) is 10.3 Å². The van der Waals surface area contributed by atoms with Gasteiger partial charge in [0.1, 0.15) is 5.69 Å². The van der Waals surface area contributed by atoms with Gasteiger partial charge in [-0.1, -0.05) is 24.3 Å². The van der Waals surface area contributed by atoms with Crippen molar-refractivity contribution >= 4 is 34.2 Å². The molecule has 7 nitrogen and oxygen atoms in total. The van der Waals surface area contributed by atoms with Crippen LogP contribution in [0.1, 0.15) is 23.3 Å². The first-order chi connectivity index (χ1) is 14.2. The van der Waals surface area contributed by atoms with Crippen molar-refractivity contribution < 1.29 is 14.3 Å². The fraction of sp³-hybridized carbons (Fsp3) is 0.227. The molecule has 0 bridgehead atoms. The van der Waals surface area contributed by atoms with Gasteiger partial charge < -0.3 is 20.7 Å². The number of amides is 3. The van der Waals surface area contributed by atoms with Crippen LogP contribution < -0.4 is 16.0 Å². The van der Waals surface area contributed by atoms with Crippen molar-refractivity contribution in [1.29, 1.82) is 0 Å². The van der Waals surface area contributed by atoms with E-state index in [1.807, 2.05) is 30.3 Å². The topological polar surface area (TPSA) is 92.4 Å². The summed E-state index contributed by atoms with van der Waals surface area (Å²) >= 11 is 0. The van der Waals surface area contributed by atoms with E-state index in [1.165, 1.54) is 0 Å². The Balaban J connectivity index is 1.32. The van der Waals surface area contributed by atoms with E-state index < -0.39 is 0 Å². The van der Waals surface area contributed by atoms with E-state index in [-0.39, 0.29) is 18.0 Å². The average Bonchev–Trinajstić information content (AvgIpc) is 3.27. The highest BCUT2D eigenvalue weighted by Gasteiger charge is 2.16. The van der Waals surface area contributed by atoms with E-state index in [0.717, 1.165) is 30.4 Å². The third kappa shape index (κ3) is 4.89. The molecular formula is C22H22N4O3. The van der Waals surface area contributed by atoms with Gasteiger partial charge in [-0.15, -0.1) is 0 Å². The standard InChI is InChI=1S/C22H22N4O3/c27-21(20-12-7-15-4-1-2-6-19(15)26-20)24-16-8-10-17(11-9-16)25-22(28)23-14-18-5-3-13-29-18/h1-2,4,6-12,18H,3,5,13-14H2,(H,24,27)(H2,23,25,28). The summed E-state index contributed by atoms with van der Waals surface area (Å²) in [6, 6.07) is 17.9. The lowest BCUT2D eigenvalue weighted by Gasteiger charge is -2.12. The molecule has 1 fully saturated rings. The van der Waals surface area contributed by atoms with Crippen LogP contribution in [0.5, 0.6) is 0 Å². The van der Waals surface area contributed by atoms with E-state index in [9.17, 15) is 9.59 Å². The van der Waals surface area contributed by atoms with Gasteiger partial charge in [0, 0.05) is 29.9 Å². The number of pyridine rings is 1. The van der Waals surface area contributed by atoms with Crippen LogP contribution in [-0.2, 0) is 4.74 Å². The summed E-state index contributed by atoms with van der Waals surface area (Å²) in [7, 11) is 0. The second-order valence-corrected chi connectivity index (χ2v) is 6.89. The van der Waals surface area contributed by atoms with Crippen LogP contribution in [0.4, 0.5) is 16.2 Å². The first-order valence-corrected chi connectivity index (χ1v) is 9.61. The highest BCUT2D eigenvalue weighted by Crippen LogP contribution is 2.16. The smallest absolute Gasteiger partial charge is 0.319 e. The number of anilines is 2. The zero-order chi connectivity index (χ0) is 20.1. The molecule has 1 aromatic heterocycles. The maximum absolute atomic E-state index is 12.5. The summed E-state index contributed by atoms with van der Waals surface area (Å²) in [5, 5.41) is 9.37. The summed E-state index contributed by atoms with van der Waals surface area (Å²) in [5.41, 5.74) is 2.38. The molecule has 4 rings (SSSR count). The first kappa shape index (κ1) is 18.9. The van der Waals surface area contributed by atoms with Crippen LogP contribution in [-0.4, -0.2) is 36.2 Å². The molecule has 3 N–H and O–H groups in total. The van der Waals surface area contributed by atoms with Crippen molar-refractivity contribution in [3.63, 3.8) is 0 Å². The van der Waals surface area contributed by atoms with Gasteiger partial charge in [0.25, 0.3) is 5.91 Å². The SMILES string of the molecule is O=C(NCC1CCCO1)Nc1ccc(NC(=O)c2ccc3ccccc3n2)cc1. The second kappa shape index (κ2) is 8.70. The number of rotatable bonds is 5. The molecule has 7 heteroatoms. The lowest BCUT2D eigenvalue weighted by Crippen LogP contribution is -2.35. The number of hydrogen-bond acceptors (Lipinski definition) is 4. The third-order valence-electron chi connectivity index (χ3n) is 4.75. The van der Waals surface area contributed by atoms with Gasteiger partial charge in [0.15, 0.2) is 0 Å². The van der Waals surface area contributed by atoms with Crippen LogP contribution >= 0.6 is 0 Å². The van der Waals surface area contributed by atoms with Crippen molar-refractivity contribution in [2.45, 2.75) is 18.9 Å². The number of aromatic nitrogens is 1. The van der Waals surface area contributed by atoms with Gasteiger partial charge >= 0.3 is 6.03 Å². The van der Waals surface area contributed by atoms with Crippen molar-refractivity contribution in [2.75, 3.05) is 23.8 Å². The van der Waals surface area contributed by atoms with Crippen molar-refractivity contribution in [3.05, 3.63) is 66.4 Å². The van der Waals surface area contributed by atoms with Crippen LogP contribution in [0.15, 0.2) is 60.7 Å². The van der Waals surface area contributed by atoms with Crippen LogP contribution in [0, 0.1) is 0 Å². The Morgan fingerprint density at radius 1 is 0.966 bits per heavy atom. The maximum atomic E-state index is 12.5. The Morgan fingerprint density at radius 2 is 1.72 bits per heavy atom. The van der Waals surface area contributed by atoms with Gasteiger partial charge in [0.2, 0.25) is 0 Å². The Kier molecular flexibility index (Phi) is 5.67. The minimum atomic E-state index is -0.286. The fourth-order valence-corrected chi connectivity index (χ4v) is 3.21. The molecule has 1 atom stereocenters. The molecule has 1 saturated heterocycles. The molecule has 3 aromatic rings. The summed E-state index contributed by atoms with van der Waals surface area (Å²) < 4.78 is 5.48. The van der Waals surface area contributed by atoms with Gasteiger partial charge in [-0.25, -0.2) is 9.78 Å². The number of hydrogen-bond donors (Lipinski definition) is 3. The number of para-hydroxylation sites is 1. The predicted molar refractivity (Wildman–Crippen MR) is 112 cm³/mol. The normalized spacial score (nSPS) is 15.8. The molecule has 0 aliphatic carbocycles. The maximum Gasteiger partial charge on any atom is 0.319 e. The molecule has 0 radical (unpaired) electrons. The Labute approximate surface area is 168 Å². The van der Waals surface area contributed by atoms with E-state index in [2.05, 4.69) is 20.9 Å². The van der Waals surface area contributed by atoms with Crippen LogP contribution in [0.2, 0.25) is 0 Å². The highest BCUT2D eigenvalue weighted by molar-refractivity contribution is 6.04. The summed E-state index contributed by atoms with van der Waals surface area (Å²) in [5.74, 6) is -0.286. The first-order valence-electron chi connectivity index (χ1n) is 9.61. The van der Waals surface area contributed by atoms with Gasteiger partial charge in [0.05, 0.1) is 11.6 Å². The van der Waals surface area contributed by atoms with Gasteiger partial charge in [-0.2, -0.15) is 0 Å². The molecule has 0 spiro atoms. The largest absolute Gasteiger partial charge is 0.376 e. The monoisotopic (exact) mass is 390 g/mol. The van der Waals surface area contributed by atoms with E-state index in [0.29, 0.717) is 23.6 Å². The Hall–Kier alpha value is -3.45. The summed E-state index contributed by atoms with van der Waals surface area (Å²) in [6.07, 6.45) is 2.11. The summed E-state index contributed by atoms with van der Waals surface area (Å²) in [4.78, 5) is 28.8. The number of benzene rings is 2. The number of nitrogens with one attached hydrogen (secondary N) is 3. The molecule has 29 heavy (non-hydrogen) atoms.